The molecule has 0 amide bonds. The van der Waals surface area contributed by atoms with Crippen molar-refractivity contribution < 1.29 is 4.74 Å². The largest absolute Gasteiger partial charge is 0.497 e. The number of nitrogens with zero attached hydrogens (tertiary/aromatic N) is 1. The molecular formula is C17H28IN3O. The highest BCUT2D eigenvalue weighted by Gasteiger charge is 2.18. The summed E-state index contributed by atoms with van der Waals surface area (Å²) in [7, 11) is 3.51. The second-order valence-electron chi connectivity index (χ2n) is 5.87. The molecule has 1 aromatic carbocycles. The van der Waals surface area contributed by atoms with Crippen molar-refractivity contribution in [1.82, 2.24) is 10.6 Å². The van der Waals surface area contributed by atoms with Gasteiger partial charge < -0.3 is 15.4 Å². The minimum absolute atomic E-state index is 0. The smallest absolute Gasteiger partial charge is 0.191 e. The SMILES string of the molecule is CN=C(NCc1ccc(OC)cc1)NC1CCC(C)CC1.I. The third-order valence-electron chi connectivity index (χ3n) is 4.20. The van der Waals surface area contributed by atoms with Gasteiger partial charge in [0.15, 0.2) is 5.96 Å². The van der Waals surface area contributed by atoms with Crippen LogP contribution in [0.3, 0.4) is 0 Å². The van der Waals surface area contributed by atoms with Crippen LogP contribution in [0.15, 0.2) is 29.3 Å². The molecule has 2 rings (SSSR count). The number of ether oxygens (including phenoxy) is 1. The molecule has 2 N–H and O–H groups in total. The third kappa shape index (κ3) is 6.02. The fraction of sp³-hybridized carbons (Fsp3) is 0.588. The van der Waals surface area contributed by atoms with Crippen LogP contribution in [-0.4, -0.2) is 26.2 Å². The second-order valence-corrected chi connectivity index (χ2v) is 5.87. The van der Waals surface area contributed by atoms with Crippen molar-refractivity contribution in [2.24, 2.45) is 10.9 Å². The summed E-state index contributed by atoms with van der Waals surface area (Å²) in [6, 6.07) is 8.66. The van der Waals surface area contributed by atoms with E-state index in [9.17, 15) is 0 Å². The van der Waals surface area contributed by atoms with Crippen LogP contribution in [-0.2, 0) is 6.54 Å². The summed E-state index contributed by atoms with van der Waals surface area (Å²) in [5.74, 6) is 2.65. The highest BCUT2D eigenvalue weighted by Crippen LogP contribution is 2.23. The molecule has 0 heterocycles. The zero-order valence-corrected chi connectivity index (χ0v) is 16.1. The lowest BCUT2D eigenvalue weighted by molar-refractivity contribution is 0.329. The Kier molecular flexibility index (Phi) is 8.60. The third-order valence-corrected chi connectivity index (χ3v) is 4.20. The average Bonchev–Trinajstić information content (AvgIpc) is 2.53. The molecule has 0 aromatic heterocycles. The summed E-state index contributed by atoms with van der Waals surface area (Å²) in [6.45, 7) is 3.11. The number of hydrogen-bond donors (Lipinski definition) is 2. The molecule has 1 aliphatic carbocycles. The van der Waals surface area contributed by atoms with Crippen LogP contribution in [0.1, 0.15) is 38.2 Å². The standard InChI is InChI=1S/C17H27N3O.HI/c1-13-4-8-15(9-5-13)20-17(18-2)19-12-14-6-10-16(21-3)11-7-14;/h6-7,10-11,13,15H,4-5,8-9,12H2,1-3H3,(H2,18,19,20);1H. The Morgan fingerprint density at radius 1 is 1.18 bits per heavy atom. The van der Waals surface area contributed by atoms with E-state index in [2.05, 4.69) is 34.7 Å². The van der Waals surface area contributed by atoms with Crippen molar-refractivity contribution >= 4 is 29.9 Å². The number of methoxy groups -OCH3 is 1. The van der Waals surface area contributed by atoms with Gasteiger partial charge in [-0.2, -0.15) is 0 Å². The Hall–Kier alpha value is -0.980. The summed E-state index contributed by atoms with van der Waals surface area (Å²) < 4.78 is 5.17. The molecule has 0 unspecified atom stereocenters. The zero-order chi connectivity index (χ0) is 15.1. The second kappa shape index (κ2) is 9.92. The maximum Gasteiger partial charge on any atom is 0.191 e. The summed E-state index contributed by atoms with van der Waals surface area (Å²) in [5, 5.41) is 6.91. The first kappa shape index (κ1) is 19.1. The first-order valence-electron chi connectivity index (χ1n) is 7.81. The van der Waals surface area contributed by atoms with Crippen LogP contribution in [0.25, 0.3) is 0 Å². The molecule has 124 valence electrons. The normalized spacial score (nSPS) is 21.7. The molecule has 0 aliphatic heterocycles. The molecule has 5 heteroatoms. The quantitative estimate of drug-likeness (QED) is 0.448. The monoisotopic (exact) mass is 417 g/mol. The molecule has 22 heavy (non-hydrogen) atoms. The molecule has 1 saturated carbocycles. The molecule has 1 aromatic rings. The number of halogens is 1. The Bertz CT molecular complexity index is 453. The van der Waals surface area contributed by atoms with E-state index in [1.54, 1.807) is 7.11 Å². The van der Waals surface area contributed by atoms with Gasteiger partial charge in [0.25, 0.3) is 0 Å². The lowest BCUT2D eigenvalue weighted by Gasteiger charge is -2.28. The number of rotatable bonds is 4. The zero-order valence-electron chi connectivity index (χ0n) is 13.8. The van der Waals surface area contributed by atoms with Crippen LogP contribution in [0.4, 0.5) is 0 Å². The van der Waals surface area contributed by atoms with E-state index in [0.29, 0.717) is 6.04 Å². The van der Waals surface area contributed by atoms with Crippen molar-refractivity contribution in [1.29, 1.82) is 0 Å². The molecule has 4 nitrogen and oxygen atoms in total. The Labute approximate surface area is 151 Å². The van der Waals surface area contributed by atoms with E-state index in [1.807, 2.05) is 19.2 Å². The Balaban J connectivity index is 0.00000242. The number of aliphatic imine (C=N–C) groups is 1. The lowest BCUT2D eigenvalue weighted by Crippen LogP contribution is -2.44. The minimum atomic E-state index is 0. The van der Waals surface area contributed by atoms with Crippen molar-refractivity contribution in [3.8, 4) is 5.75 Å². The molecule has 0 spiro atoms. The van der Waals surface area contributed by atoms with Crippen LogP contribution in [0.5, 0.6) is 5.75 Å². The lowest BCUT2D eigenvalue weighted by atomic mass is 9.87. The molecule has 0 radical (unpaired) electrons. The molecule has 0 bridgehead atoms. The van der Waals surface area contributed by atoms with Gasteiger partial charge in [0.05, 0.1) is 7.11 Å². The van der Waals surface area contributed by atoms with E-state index >= 15 is 0 Å². The summed E-state index contributed by atoms with van der Waals surface area (Å²) in [4.78, 5) is 4.32. The summed E-state index contributed by atoms with van der Waals surface area (Å²) in [6.07, 6.45) is 5.11. The van der Waals surface area contributed by atoms with Crippen LogP contribution >= 0.6 is 24.0 Å². The van der Waals surface area contributed by atoms with Gasteiger partial charge in [0.2, 0.25) is 0 Å². The van der Waals surface area contributed by atoms with E-state index in [4.69, 9.17) is 4.74 Å². The maximum absolute atomic E-state index is 5.17. The van der Waals surface area contributed by atoms with Crippen molar-refractivity contribution in [2.75, 3.05) is 14.2 Å². The topological polar surface area (TPSA) is 45.7 Å². The summed E-state index contributed by atoms with van der Waals surface area (Å²) in [5.41, 5.74) is 1.22. The number of guanidine groups is 1. The number of hydrogen-bond acceptors (Lipinski definition) is 2. The van der Waals surface area contributed by atoms with Gasteiger partial charge in [-0.1, -0.05) is 19.1 Å². The Morgan fingerprint density at radius 3 is 2.36 bits per heavy atom. The predicted molar refractivity (Wildman–Crippen MR) is 103 cm³/mol. The van der Waals surface area contributed by atoms with Crippen LogP contribution < -0.4 is 15.4 Å². The van der Waals surface area contributed by atoms with Gasteiger partial charge in [-0.05, 0) is 49.3 Å². The highest BCUT2D eigenvalue weighted by atomic mass is 127. The van der Waals surface area contributed by atoms with E-state index < -0.39 is 0 Å². The molecule has 0 atom stereocenters. The predicted octanol–water partition coefficient (Wildman–Crippen LogP) is 3.56. The van der Waals surface area contributed by atoms with Gasteiger partial charge in [-0.15, -0.1) is 24.0 Å². The fourth-order valence-corrected chi connectivity index (χ4v) is 2.72. The van der Waals surface area contributed by atoms with Gasteiger partial charge in [-0.25, -0.2) is 0 Å². The maximum atomic E-state index is 5.17. The molecular weight excluding hydrogens is 389 g/mol. The van der Waals surface area contributed by atoms with E-state index in [-0.39, 0.29) is 24.0 Å². The highest BCUT2D eigenvalue weighted by molar-refractivity contribution is 14.0. The van der Waals surface area contributed by atoms with Crippen molar-refractivity contribution in [2.45, 2.75) is 45.2 Å². The first-order chi connectivity index (χ1) is 10.2. The van der Waals surface area contributed by atoms with Crippen LogP contribution in [0.2, 0.25) is 0 Å². The first-order valence-corrected chi connectivity index (χ1v) is 7.81. The Morgan fingerprint density at radius 2 is 1.82 bits per heavy atom. The fourth-order valence-electron chi connectivity index (χ4n) is 2.72. The van der Waals surface area contributed by atoms with E-state index in [1.165, 1.54) is 31.2 Å². The molecule has 1 aliphatic rings. The molecule has 1 fully saturated rings. The van der Waals surface area contributed by atoms with E-state index in [0.717, 1.165) is 24.2 Å². The van der Waals surface area contributed by atoms with Gasteiger partial charge >= 0.3 is 0 Å². The van der Waals surface area contributed by atoms with Gasteiger partial charge in [-0.3, -0.25) is 4.99 Å². The van der Waals surface area contributed by atoms with Crippen molar-refractivity contribution in [3.05, 3.63) is 29.8 Å². The van der Waals surface area contributed by atoms with Gasteiger partial charge in [0.1, 0.15) is 5.75 Å². The number of nitrogens with one attached hydrogen (secondary N) is 2. The minimum Gasteiger partial charge on any atom is -0.497 e. The number of benzene rings is 1. The van der Waals surface area contributed by atoms with Crippen molar-refractivity contribution in [3.63, 3.8) is 0 Å². The average molecular weight is 417 g/mol. The van der Waals surface area contributed by atoms with Gasteiger partial charge in [0, 0.05) is 19.6 Å². The summed E-state index contributed by atoms with van der Waals surface area (Å²) >= 11 is 0. The molecule has 0 saturated heterocycles. The van der Waals surface area contributed by atoms with Crippen LogP contribution in [0, 0.1) is 5.92 Å².